The summed E-state index contributed by atoms with van der Waals surface area (Å²) in [5, 5.41) is 0. The minimum absolute atomic E-state index is 0.116. The van der Waals surface area contributed by atoms with Crippen LogP contribution in [0.3, 0.4) is 0 Å². The van der Waals surface area contributed by atoms with E-state index in [4.69, 9.17) is 4.74 Å². The van der Waals surface area contributed by atoms with Crippen LogP contribution in [0.2, 0.25) is 0 Å². The highest BCUT2D eigenvalue weighted by atomic mass is 16.5. The SMILES string of the molecule is CCCCCCCCCCCC1(C(=O)OCC)CCCC1=O. The van der Waals surface area contributed by atoms with Crippen LogP contribution in [-0.2, 0) is 14.3 Å². The summed E-state index contributed by atoms with van der Waals surface area (Å²) in [7, 11) is 0. The van der Waals surface area contributed by atoms with Crippen molar-refractivity contribution < 1.29 is 14.3 Å². The summed E-state index contributed by atoms with van der Waals surface area (Å²) in [6.07, 6.45) is 14.1. The van der Waals surface area contributed by atoms with E-state index in [9.17, 15) is 9.59 Å². The third-order valence-electron chi connectivity index (χ3n) is 4.91. The molecule has 0 aromatic rings. The smallest absolute Gasteiger partial charge is 0.319 e. The molecule has 1 fully saturated rings. The van der Waals surface area contributed by atoms with E-state index in [0.717, 1.165) is 19.3 Å². The number of hydrogen-bond donors (Lipinski definition) is 0. The lowest BCUT2D eigenvalue weighted by molar-refractivity contribution is -0.159. The van der Waals surface area contributed by atoms with Gasteiger partial charge in [0.25, 0.3) is 0 Å². The molecule has 0 heterocycles. The molecule has 22 heavy (non-hydrogen) atoms. The predicted octanol–water partition coefficient (Wildman–Crippen LogP) is 5.21. The van der Waals surface area contributed by atoms with Gasteiger partial charge < -0.3 is 4.74 Å². The Hall–Kier alpha value is -0.860. The van der Waals surface area contributed by atoms with Gasteiger partial charge in [0.15, 0.2) is 0 Å². The van der Waals surface area contributed by atoms with Crippen LogP contribution in [0.25, 0.3) is 0 Å². The Labute approximate surface area is 136 Å². The van der Waals surface area contributed by atoms with Gasteiger partial charge in [0, 0.05) is 6.42 Å². The first-order chi connectivity index (χ1) is 10.7. The van der Waals surface area contributed by atoms with Gasteiger partial charge >= 0.3 is 5.97 Å². The molecule has 0 spiro atoms. The van der Waals surface area contributed by atoms with Crippen molar-refractivity contribution in [2.75, 3.05) is 6.61 Å². The van der Waals surface area contributed by atoms with Gasteiger partial charge in [-0.05, 0) is 26.2 Å². The van der Waals surface area contributed by atoms with Gasteiger partial charge in [-0.25, -0.2) is 0 Å². The molecule has 3 heteroatoms. The molecule has 128 valence electrons. The number of unbranched alkanes of at least 4 members (excludes halogenated alkanes) is 8. The fourth-order valence-electron chi connectivity index (χ4n) is 3.52. The molecule has 1 rings (SSSR count). The van der Waals surface area contributed by atoms with Gasteiger partial charge in [0.05, 0.1) is 6.61 Å². The van der Waals surface area contributed by atoms with Gasteiger partial charge in [-0.15, -0.1) is 0 Å². The Morgan fingerprint density at radius 3 is 2.09 bits per heavy atom. The zero-order valence-corrected chi connectivity index (χ0v) is 14.6. The number of ketones is 1. The van der Waals surface area contributed by atoms with Crippen LogP contribution in [0, 0.1) is 5.41 Å². The Morgan fingerprint density at radius 1 is 1.00 bits per heavy atom. The lowest BCUT2D eigenvalue weighted by atomic mass is 9.80. The van der Waals surface area contributed by atoms with Crippen LogP contribution in [0.4, 0.5) is 0 Å². The molecule has 1 aliphatic rings. The number of hydrogen-bond acceptors (Lipinski definition) is 3. The Bertz CT molecular complexity index is 338. The van der Waals surface area contributed by atoms with Crippen molar-refractivity contribution in [1.82, 2.24) is 0 Å². The number of ether oxygens (including phenoxy) is 1. The van der Waals surface area contributed by atoms with E-state index in [-0.39, 0.29) is 11.8 Å². The molecule has 1 atom stereocenters. The quantitative estimate of drug-likeness (QED) is 0.282. The van der Waals surface area contributed by atoms with E-state index in [0.29, 0.717) is 25.9 Å². The largest absolute Gasteiger partial charge is 0.465 e. The zero-order valence-electron chi connectivity index (χ0n) is 14.6. The fourth-order valence-corrected chi connectivity index (χ4v) is 3.52. The van der Waals surface area contributed by atoms with Crippen molar-refractivity contribution in [3.63, 3.8) is 0 Å². The molecule has 0 aromatic carbocycles. The van der Waals surface area contributed by atoms with E-state index in [1.54, 1.807) is 0 Å². The number of esters is 1. The maximum atomic E-state index is 12.2. The second-order valence-corrected chi connectivity index (χ2v) is 6.66. The van der Waals surface area contributed by atoms with Gasteiger partial charge in [0.2, 0.25) is 0 Å². The highest BCUT2D eigenvalue weighted by Crippen LogP contribution is 2.40. The maximum Gasteiger partial charge on any atom is 0.319 e. The van der Waals surface area contributed by atoms with Gasteiger partial charge in [-0.3, -0.25) is 9.59 Å². The molecule has 0 radical (unpaired) electrons. The van der Waals surface area contributed by atoms with E-state index in [1.165, 1.54) is 44.9 Å². The molecule has 0 saturated heterocycles. The first-order valence-electron chi connectivity index (χ1n) is 9.38. The Morgan fingerprint density at radius 2 is 1.59 bits per heavy atom. The molecule has 3 nitrogen and oxygen atoms in total. The van der Waals surface area contributed by atoms with E-state index >= 15 is 0 Å². The number of carbonyl (C=O) groups is 2. The third kappa shape index (κ3) is 5.73. The minimum atomic E-state index is -0.795. The molecule has 0 amide bonds. The van der Waals surface area contributed by atoms with E-state index < -0.39 is 5.41 Å². The third-order valence-corrected chi connectivity index (χ3v) is 4.91. The lowest BCUT2D eigenvalue weighted by Crippen LogP contribution is -2.37. The van der Waals surface area contributed by atoms with Crippen LogP contribution in [0.1, 0.15) is 97.3 Å². The summed E-state index contributed by atoms with van der Waals surface area (Å²) >= 11 is 0. The number of rotatable bonds is 12. The lowest BCUT2D eigenvalue weighted by Gasteiger charge is -2.24. The van der Waals surface area contributed by atoms with E-state index in [2.05, 4.69) is 6.92 Å². The summed E-state index contributed by atoms with van der Waals surface area (Å²) in [6.45, 7) is 4.42. The van der Waals surface area contributed by atoms with Crippen molar-refractivity contribution in [3.05, 3.63) is 0 Å². The van der Waals surface area contributed by atoms with Crippen molar-refractivity contribution in [2.45, 2.75) is 97.3 Å². The molecular formula is C19H34O3. The molecule has 1 saturated carbocycles. The van der Waals surface area contributed by atoms with Gasteiger partial charge in [0.1, 0.15) is 11.2 Å². The molecule has 0 aromatic heterocycles. The maximum absolute atomic E-state index is 12.2. The van der Waals surface area contributed by atoms with Crippen LogP contribution in [0.15, 0.2) is 0 Å². The van der Waals surface area contributed by atoms with Crippen LogP contribution >= 0.6 is 0 Å². The summed E-state index contributed by atoms with van der Waals surface area (Å²) in [4.78, 5) is 24.4. The molecular weight excluding hydrogens is 276 g/mol. The van der Waals surface area contributed by atoms with Crippen molar-refractivity contribution >= 4 is 11.8 Å². The van der Waals surface area contributed by atoms with Crippen LogP contribution in [0.5, 0.6) is 0 Å². The average Bonchev–Trinajstić information content (AvgIpc) is 2.88. The Balaban J connectivity index is 2.22. The van der Waals surface area contributed by atoms with Crippen molar-refractivity contribution in [3.8, 4) is 0 Å². The normalized spacial score (nSPS) is 21.3. The van der Waals surface area contributed by atoms with Crippen molar-refractivity contribution in [1.29, 1.82) is 0 Å². The van der Waals surface area contributed by atoms with Gasteiger partial charge in [-0.1, -0.05) is 64.7 Å². The first-order valence-corrected chi connectivity index (χ1v) is 9.38. The summed E-state index contributed by atoms with van der Waals surface area (Å²) in [6, 6.07) is 0. The summed E-state index contributed by atoms with van der Waals surface area (Å²) < 4.78 is 5.17. The second-order valence-electron chi connectivity index (χ2n) is 6.66. The minimum Gasteiger partial charge on any atom is -0.465 e. The highest BCUT2D eigenvalue weighted by Gasteiger charge is 2.48. The average molecular weight is 310 g/mol. The molecule has 0 N–H and O–H groups in total. The molecule has 0 aliphatic heterocycles. The van der Waals surface area contributed by atoms with Crippen molar-refractivity contribution in [2.24, 2.45) is 5.41 Å². The molecule has 1 unspecified atom stereocenters. The predicted molar refractivity (Wildman–Crippen MR) is 89.8 cm³/mol. The topological polar surface area (TPSA) is 43.4 Å². The Kier molecular flexibility index (Phi) is 9.42. The highest BCUT2D eigenvalue weighted by molar-refractivity contribution is 6.05. The number of Topliss-reactive ketones (excluding diaryl/α,β-unsaturated/α-hetero) is 1. The van der Waals surface area contributed by atoms with Gasteiger partial charge in [-0.2, -0.15) is 0 Å². The second kappa shape index (κ2) is 10.8. The van der Waals surface area contributed by atoms with Crippen LogP contribution < -0.4 is 0 Å². The summed E-state index contributed by atoms with van der Waals surface area (Å²) in [5.74, 6) is -0.150. The van der Waals surface area contributed by atoms with Crippen LogP contribution in [-0.4, -0.2) is 18.4 Å². The monoisotopic (exact) mass is 310 g/mol. The zero-order chi connectivity index (χ0) is 16.3. The summed E-state index contributed by atoms with van der Waals surface area (Å²) in [5.41, 5.74) is -0.795. The van der Waals surface area contributed by atoms with E-state index in [1.807, 2.05) is 6.92 Å². The number of carbonyl (C=O) groups excluding carboxylic acids is 2. The molecule has 0 bridgehead atoms. The fraction of sp³-hybridized carbons (Fsp3) is 0.895. The molecule has 1 aliphatic carbocycles. The first kappa shape index (κ1) is 19.2. The standard InChI is InChI=1S/C19H34O3/c1-3-5-6-7-8-9-10-11-12-15-19(18(21)22-4-2)16-13-14-17(19)20/h3-16H2,1-2H3.